The van der Waals surface area contributed by atoms with Crippen LogP contribution in [0.15, 0.2) is 91.0 Å². The Morgan fingerprint density at radius 3 is 0.909 bits per heavy atom. The lowest BCUT2D eigenvalue weighted by atomic mass is 9.88. The monoisotopic (exact) mass is 432 g/mol. The molecule has 0 spiro atoms. The number of carbonyl (C=O) groups excluding carboxylic acids is 3. The van der Waals surface area contributed by atoms with Crippen molar-refractivity contribution in [2.75, 3.05) is 0 Å². The van der Waals surface area contributed by atoms with Crippen molar-refractivity contribution in [2.24, 2.45) is 0 Å². The molecule has 0 saturated carbocycles. The Labute approximate surface area is 193 Å². The van der Waals surface area contributed by atoms with Crippen molar-refractivity contribution in [3.63, 3.8) is 0 Å². The normalized spacial score (nSPS) is 10.6. The lowest BCUT2D eigenvalue weighted by Gasteiger charge is -2.16. The van der Waals surface area contributed by atoms with Crippen molar-refractivity contribution >= 4 is 17.3 Å². The Hall–Kier alpha value is -4.11. The Morgan fingerprint density at radius 2 is 0.667 bits per heavy atom. The van der Waals surface area contributed by atoms with Gasteiger partial charge in [-0.1, -0.05) is 72.8 Å². The predicted molar refractivity (Wildman–Crippen MR) is 133 cm³/mol. The highest BCUT2D eigenvalue weighted by molar-refractivity contribution is 6.05. The van der Waals surface area contributed by atoms with Crippen LogP contribution in [0.1, 0.15) is 51.8 Å². The Balaban J connectivity index is 2.06. The van der Waals surface area contributed by atoms with Gasteiger partial charge in [0.15, 0.2) is 17.3 Å². The van der Waals surface area contributed by atoms with Gasteiger partial charge in [-0.05, 0) is 72.4 Å². The molecule has 4 rings (SSSR count). The van der Waals surface area contributed by atoms with Crippen LogP contribution in [0.4, 0.5) is 0 Å². The zero-order valence-corrected chi connectivity index (χ0v) is 18.9. The molecular formula is C30H24O3. The number of ketones is 3. The minimum atomic E-state index is -0.0224. The van der Waals surface area contributed by atoms with Crippen molar-refractivity contribution in [1.82, 2.24) is 0 Å². The molecule has 0 radical (unpaired) electrons. The topological polar surface area (TPSA) is 51.2 Å². The van der Waals surface area contributed by atoms with E-state index in [1.54, 1.807) is 20.8 Å². The molecule has 0 aliphatic carbocycles. The van der Waals surface area contributed by atoms with E-state index in [2.05, 4.69) is 0 Å². The molecule has 4 aromatic rings. The summed E-state index contributed by atoms with van der Waals surface area (Å²) in [7, 11) is 0. The molecule has 0 atom stereocenters. The Bertz CT molecular complexity index is 1210. The van der Waals surface area contributed by atoms with E-state index in [0.29, 0.717) is 16.7 Å². The number of rotatable bonds is 6. The molecule has 4 aromatic carbocycles. The first-order valence-electron chi connectivity index (χ1n) is 10.8. The molecule has 0 heterocycles. The zero-order chi connectivity index (χ0) is 23.5. The molecule has 162 valence electrons. The second-order valence-corrected chi connectivity index (χ2v) is 8.10. The molecule has 0 aliphatic heterocycles. The Kier molecular flexibility index (Phi) is 6.14. The van der Waals surface area contributed by atoms with Crippen LogP contribution in [0.5, 0.6) is 0 Å². The van der Waals surface area contributed by atoms with Crippen LogP contribution >= 0.6 is 0 Å². The molecule has 3 nitrogen and oxygen atoms in total. The maximum absolute atomic E-state index is 12.3. The predicted octanol–water partition coefficient (Wildman–Crippen LogP) is 7.30. The Morgan fingerprint density at radius 1 is 0.424 bits per heavy atom. The molecule has 0 N–H and O–H groups in total. The number of benzene rings is 4. The molecular weight excluding hydrogens is 408 g/mol. The van der Waals surface area contributed by atoms with Gasteiger partial charge in [0.25, 0.3) is 0 Å². The van der Waals surface area contributed by atoms with Gasteiger partial charge in [0.1, 0.15) is 0 Å². The van der Waals surface area contributed by atoms with Crippen LogP contribution in [0.2, 0.25) is 0 Å². The smallest absolute Gasteiger partial charge is 0.160 e. The van der Waals surface area contributed by atoms with Gasteiger partial charge in [0.2, 0.25) is 0 Å². The fraction of sp³-hybridized carbons (Fsp3) is 0.100. The highest BCUT2D eigenvalue weighted by atomic mass is 16.1. The summed E-state index contributed by atoms with van der Waals surface area (Å²) in [6, 6.07) is 28.5. The lowest BCUT2D eigenvalue weighted by Crippen LogP contribution is -2.00. The number of carbonyl (C=O) groups is 3. The molecule has 0 amide bonds. The van der Waals surface area contributed by atoms with Gasteiger partial charge in [-0.3, -0.25) is 14.4 Å². The van der Waals surface area contributed by atoms with Gasteiger partial charge in [-0.15, -0.1) is 0 Å². The summed E-state index contributed by atoms with van der Waals surface area (Å²) in [5.41, 5.74) is 6.87. The minimum absolute atomic E-state index is 0.0224. The van der Waals surface area contributed by atoms with Gasteiger partial charge in [-0.25, -0.2) is 0 Å². The van der Waals surface area contributed by atoms with E-state index in [4.69, 9.17) is 0 Å². The van der Waals surface area contributed by atoms with Crippen LogP contribution in [0.25, 0.3) is 33.4 Å². The van der Waals surface area contributed by atoms with Crippen molar-refractivity contribution in [3.05, 3.63) is 108 Å². The summed E-state index contributed by atoms with van der Waals surface area (Å²) in [4.78, 5) is 37.0. The highest BCUT2D eigenvalue weighted by Gasteiger charge is 2.16. The molecule has 0 aromatic heterocycles. The lowest BCUT2D eigenvalue weighted by molar-refractivity contribution is 0.101. The average Bonchev–Trinajstić information content (AvgIpc) is 2.83. The van der Waals surface area contributed by atoms with E-state index in [0.717, 1.165) is 33.4 Å². The van der Waals surface area contributed by atoms with E-state index in [1.165, 1.54) is 0 Å². The first-order chi connectivity index (χ1) is 15.9. The standard InChI is InChI=1S/C30H24O3/c1-19(31)25-10-4-7-13-28(25)22-16-23(29-14-8-5-11-26(29)20(2)32)18-24(17-22)30-15-9-6-12-27(30)21(3)33/h4-18H,1-3H3. The zero-order valence-electron chi connectivity index (χ0n) is 18.9. The molecule has 33 heavy (non-hydrogen) atoms. The van der Waals surface area contributed by atoms with E-state index < -0.39 is 0 Å². The van der Waals surface area contributed by atoms with Crippen LogP contribution in [-0.2, 0) is 0 Å². The molecule has 0 saturated heterocycles. The maximum Gasteiger partial charge on any atom is 0.160 e. The summed E-state index contributed by atoms with van der Waals surface area (Å²) in [5, 5.41) is 0. The number of hydrogen-bond acceptors (Lipinski definition) is 3. The molecule has 0 unspecified atom stereocenters. The van der Waals surface area contributed by atoms with Gasteiger partial charge in [-0.2, -0.15) is 0 Å². The summed E-state index contributed by atoms with van der Waals surface area (Å²) in [6.45, 7) is 4.67. The summed E-state index contributed by atoms with van der Waals surface area (Å²) in [6.07, 6.45) is 0. The van der Waals surface area contributed by atoms with E-state index in [9.17, 15) is 14.4 Å². The molecule has 0 bridgehead atoms. The van der Waals surface area contributed by atoms with E-state index in [1.807, 2.05) is 91.0 Å². The SMILES string of the molecule is CC(=O)c1ccccc1-c1cc(-c2ccccc2C(C)=O)cc(-c2ccccc2C(C)=O)c1. The van der Waals surface area contributed by atoms with Crippen molar-refractivity contribution in [1.29, 1.82) is 0 Å². The quantitative estimate of drug-likeness (QED) is 0.301. The third-order valence-electron chi connectivity index (χ3n) is 5.79. The fourth-order valence-corrected chi connectivity index (χ4v) is 4.22. The summed E-state index contributed by atoms with van der Waals surface area (Å²) in [5.74, 6) is -0.0672. The summed E-state index contributed by atoms with van der Waals surface area (Å²) < 4.78 is 0. The average molecular weight is 433 g/mol. The molecule has 0 fully saturated rings. The first kappa shape index (κ1) is 22.1. The van der Waals surface area contributed by atoms with Gasteiger partial charge in [0, 0.05) is 16.7 Å². The number of Topliss-reactive ketones (excluding diaryl/α,β-unsaturated/α-hetero) is 3. The fourth-order valence-electron chi connectivity index (χ4n) is 4.22. The number of hydrogen-bond donors (Lipinski definition) is 0. The van der Waals surface area contributed by atoms with Gasteiger partial charge >= 0.3 is 0 Å². The van der Waals surface area contributed by atoms with Crippen molar-refractivity contribution < 1.29 is 14.4 Å². The van der Waals surface area contributed by atoms with Crippen LogP contribution in [0.3, 0.4) is 0 Å². The molecule has 0 aliphatic rings. The van der Waals surface area contributed by atoms with Crippen LogP contribution < -0.4 is 0 Å². The second kappa shape index (κ2) is 9.17. The largest absolute Gasteiger partial charge is 0.294 e. The third kappa shape index (κ3) is 4.44. The maximum atomic E-state index is 12.3. The van der Waals surface area contributed by atoms with Gasteiger partial charge < -0.3 is 0 Å². The van der Waals surface area contributed by atoms with E-state index >= 15 is 0 Å². The van der Waals surface area contributed by atoms with Crippen molar-refractivity contribution in [3.8, 4) is 33.4 Å². The van der Waals surface area contributed by atoms with E-state index in [-0.39, 0.29) is 17.3 Å². The summed E-state index contributed by atoms with van der Waals surface area (Å²) >= 11 is 0. The second-order valence-electron chi connectivity index (χ2n) is 8.10. The van der Waals surface area contributed by atoms with Crippen LogP contribution in [0, 0.1) is 0 Å². The first-order valence-corrected chi connectivity index (χ1v) is 10.8. The highest BCUT2D eigenvalue weighted by Crippen LogP contribution is 2.36. The minimum Gasteiger partial charge on any atom is -0.294 e. The van der Waals surface area contributed by atoms with Crippen LogP contribution in [-0.4, -0.2) is 17.3 Å². The molecule has 3 heteroatoms. The van der Waals surface area contributed by atoms with Gasteiger partial charge in [0.05, 0.1) is 0 Å². The third-order valence-corrected chi connectivity index (χ3v) is 5.79. The van der Waals surface area contributed by atoms with Crippen molar-refractivity contribution in [2.45, 2.75) is 20.8 Å².